The van der Waals surface area contributed by atoms with Gasteiger partial charge in [0.25, 0.3) is 0 Å². The molecule has 0 aliphatic carbocycles. The van der Waals surface area contributed by atoms with E-state index in [1.807, 2.05) is 42.5 Å². The lowest BCUT2D eigenvalue weighted by atomic mass is 10.2. The summed E-state index contributed by atoms with van der Waals surface area (Å²) in [4.78, 5) is 6.83. The molecule has 0 saturated heterocycles. The summed E-state index contributed by atoms with van der Waals surface area (Å²) in [6.45, 7) is 0. The van der Waals surface area contributed by atoms with E-state index in [0.29, 0.717) is 10.9 Å². The molecule has 0 amide bonds. The van der Waals surface area contributed by atoms with Gasteiger partial charge in [-0.1, -0.05) is 41.9 Å². The van der Waals surface area contributed by atoms with Crippen molar-refractivity contribution in [2.75, 3.05) is 0 Å². The lowest BCUT2D eigenvalue weighted by Crippen LogP contribution is -1.99. The van der Waals surface area contributed by atoms with E-state index in [-0.39, 0.29) is 9.80 Å². The van der Waals surface area contributed by atoms with Crippen molar-refractivity contribution in [1.82, 2.24) is 0 Å². The first kappa shape index (κ1) is 13.2. The van der Waals surface area contributed by atoms with Crippen molar-refractivity contribution in [1.29, 1.82) is 0 Å². The number of halogens is 1. The van der Waals surface area contributed by atoms with Crippen LogP contribution in [0.3, 0.4) is 0 Å². The molecule has 2 heterocycles. The van der Waals surface area contributed by atoms with Crippen LogP contribution in [0.1, 0.15) is 11.1 Å². The largest absolute Gasteiger partial charge is 0.401 e. The van der Waals surface area contributed by atoms with Gasteiger partial charge in [0.1, 0.15) is 4.99 Å². The van der Waals surface area contributed by atoms with E-state index in [2.05, 4.69) is 23.2 Å². The van der Waals surface area contributed by atoms with Crippen molar-refractivity contribution in [3.8, 4) is 0 Å². The predicted octanol–water partition coefficient (Wildman–Crippen LogP) is 5.13. The van der Waals surface area contributed by atoms with Gasteiger partial charge in [0, 0.05) is 15.5 Å². The third kappa shape index (κ3) is 2.55. The Morgan fingerprint density at radius 3 is 2.43 bits per heavy atom. The molecular formula is C16H10ClNOS2. The average molecular weight is 332 g/mol. The minimum Gasteiger partial charge on any atom is -0.401 e. The zero-order valence-corrected chi connectivity index (χ0v) is 13.2. The molecule has 0 saturated carbocycles. The third-order valence-electron chi connectivity index (χ3n) is 3.11. The maximum atomic E-state index is 5.97. The molecule has 21 heavy (non-hydrogen) atoms. The highest BCUT2D eigenvalue weighted by molar-refractivity contribution is 8.86. The fourth-order valence-corrected chi connectivity index (χ4v) is 5.41. The van der Waals surface area contributed by atoms with Gasteiger partial charge < -0.3 is 4.18 Å². The first-order valence-electron chi connectivity index (χ1n) is 6.39. The Balaban J connectivity index is 1.60. The Labute approximate surface area is 134 Å². The van der Waals surface area contributed by atoms with E-state index in [0.717, 1.165) is 10.6 Å². The minimum atomic E-state index is -0.330. The zero-order valence-electron chi connectivity index (χ0n) is 10.8. The Bertz CT molecular complexity index is 795. The quantitative estimate of drug-likeness (QED) is 0.561. The van der Waals surface area contributed by atoms with Crippen LogP contribution in [0.15, 0.2) is 65.7 Å². The maximum absolute atomic E-state index is 5.97. The number of hydrogen-bond acceptors (Lipinski definition) is 3. The normalized spacial score (nSPS) is 19.9. The highest BCUT2D eigenvalue weighted by Gasteiger charge is 2.26. The van der Waals surface area contributed by atoms with Crippen LogP contribution in [0.25, 0.3) is 4.91 Å². The zero-order chi connectivity index (χ0) is 14.2. The Morgan fingerprint density at radius 1 is 0.952 bits per heavy atom. The molecule has 2 aromatic rings. The number of nitrogens with zero attached hydrogens (tertiary/aromatic N) is 1. The first-order chi connectivity index (χ1) is 10.3. The molecule has 2 aliphatic rings. The van der Waals surface area contributed by atoms with Gasteiger partial charge in [0.15, 0.2) is 0 Å². The third-order valence-corrected chi connectivity index (χ3v) is 6.61. The first-order valence-corrected chi connectivity index (χ1v) is 9.25. The minimum absolute atomic E-state index is 0.330. The predicted molar refractivity (Wildman–Crippen MR) is 93.7 cm³/mol. The molecule has 0 N–H and O–H groups in total. The molecule has 0 bridgehead atoms. The fourth-order valence-electron chi connectivity index (χ4n) is 2.07. The van der Waals surface area contributed by atoms with Crippen molar-refractivity contribution in [2.24, 2.45) is 4.99 Å². The van der Waals surface area contributed by atoms with Crippen LogP contribution < -0.4 is 0 Å². The van der Waals surface area contributed by atoms with Gasteiger partial charge in [-0.25, -0.2) is 4.99 Å². The summed E-state index contributed by atoms with van der Waals surface area (Å²) in [7, 11) is 1.39. The van der Waals surface area contributed by atoms with Crippen LogP contribution in [0.2, 0.25) is 5.02 Å². The molecule has 2 nitrogen and oxygen atoms in total. The van der Waals surface area contributed by atoms with Crippen molar-refractivity contribution >= 4 is 48.0 Å². The van der Waals surface area contributed by atoms with Gasteiger partial charge in [-0.15, -0.1) is 0 Å². The maximum Gasteiger partial charge on any atom is 0.236 e. The second-order valence-corrected chi connectivity index (χ2v) is 8.04. The molecule has 1 unspecified atom stereocenters. The summed E-state index contributed by atoms with van der Waals surface area (Å²) in [6.07, 6.45) is 2.12. The highest BCUT2D eigenvalue weighted by Crippen LogP contribution is 2.52. The highest BCUT2D eigenvalue weighted by atomic mass is 35.5. The van der Waals surface area contributed by atoms with E-state index in [1.165, 1.54) is 10.5 Å². The summed E-state index contributed by atoms with van der Waals surface area (Å²) in [6, 6.07) is 17.9. The molecule has 0 spiro atoms. The Morgan fingerprint density at radius 2 is 1.71 bits per heavy atom. The van der Waals surface area contributed by atoms with Gasteiger partial charge in [-0.05, 0) is 46.7 Å². The van der Waals surface area contributed by atoms with Gasteiger partial charge in [0.05, 0.1) is 9.80 Å². The molecular weight excluding hydrogens is 322 g/mol. The molecule has 2 aromatic carbocycles. The number of rotatable bonds is 2. The van der Waals surface area contributed by atoms with Gasteiger partial charge in [0.2, 0.25) is 5.90 Å². The van der Waals surface area contributed by atoms with E-state index in [1.54, 1.807) is 10.8 Å². The molecule has 0 radical (unpaired) electrons. The standard InChI is InChI=1S/C16H10ClNOS2/c17-13-8-6-12(7-9-13)16-18-15-10-14(20-21(15)19-16)11-4-2-1-3-5-11/h1-10H. The lowest BCUT2D eigenvalue weighted by Gasteiger charge is -2.07. The molecule has 2 aliphatic heterocycles. The van der Waals surface area contributed by atoms with Crippen molar-refractivity contribution in [3.63, 3.8) is 0 Å². The number of aliphatic imine (C=N–C) groups is 1. The Hall–Kier alpha value is -1.49. The Kier molecular flexibility index (Phi) is 3.37. The molecule has 0 aromatic heterocycles. The van der Waals surface area contributed by atoms with Crippen LogP contribution in [0.5, 0.6) is 0 Å². The second-order valence-electron chi connectivity index (χ2n) is 4.54. The fraction of sp³-hybridized carbons (Fsp3) is 0. The van der Waals surface area contributed by atoms with Gasteiger partial charge in [-0.3, -0.25) is 0 Å². The van der Waals surface area contributed by atoms with Gasteiger partial charge >= 0.3 is 0 Å². The van der Waals surface area contributed by atoms with Crippen molar-refractivity contribution < 1.29 is 4.18 Å². The van der Waals surface area contributed by atoms with E-state index < -0.39 is 0 Å². The average Bonchev–Trinajstić information content (AvgIpc) is 3.07. The smallest absolute Gasteiger partial charge is 0.236 e. The lowest BCUT2D eigenvalue weighted by molar-refractivity contribution is 0.662. The monoisotopic (exact) mass is 331 g/mol. The summed E-state index contributed by atoms with van der Waals surface area (Å²) < 4.78 is 5.97. The SMILES string of the molecule is Clc1ccc(C2=NC3=S(O2)SC(c2ccccc2)=C3)cc1. The molecule has 104 valence electrons. The molecule has 5 heteroatoms. The number of benzene rings is 2. The van der Waals surface area contributed by atoms with E-state index >= 15 is 0 Å². The van der Waals surface area contributed by atoms with Gasteiger partial charge in [-0.2, -0.15) is 0 Å². The summed E-state index contributed by atoms with van der Waals surface area (Å²) in [5, 5.41) is 0.716. The van der Waals surface area contributed by atoms with Crippen LogP contribution >= 0.6 is 32.2 Å². The van der Waals surface area contributed by atoms with E-state index in [4.69, 9.17) is 15.8 Å². The van der Waals surface area contributed by atoms with E-state index in [9.17, 15) is 0 Å². The number of hydrogen-bond donors (Lipinski definition) is 0. The van der Waals surface area contributed by atoms with Crippen molar-refractivity contribution in [3.05, 3.63) is 76.8 Å². The summed E-state index contributed by atoms with van der Waals surface area (Å²) in [5.74, 6) is 0.681. The second kappa shape index (κ2) is 5.37. The van der Waals surface area contributed by atoms with Crippen LogP contribution in [0.4, 0.5) is 0 Å². The summed E-state index contributed by atoms with van der Waals surface area (Å²) >= 11 is 5.90. The molecule has 4 rings (SSSR count). The van der Waals surface area contributed by atoms with Crippen LogP contribution in [0, 0.1) is 0 Å². The molecule has 1 atom stereocenters. The van der Waals surface area contributed by atoms with Crippen LogP contribution in [-0.4, -0.2) is 10.9 Å². The van der Waals surface area contributed by atoms with Crippen molar-refractivity contribution in [2.45, 2.75) is 0 Å². The van der Waals surface area contributed by atoms with Crippen LogP contribution in [-0.2, 0) is 4.18 Å². The summed E-state index contributed by atoms with van der Waals surface area (Å²) in [5.41, 5.74) is 2.17. The molecule has 0 fully saturated rings. The topological polar surface area (TPSA) is 21.6 Å².